The van der Waals surface area contributed by atoms with Crippen LogP contribution in [0.1, 0.15) is 30.5 Å². The van der Waals surface area contributed by atoms with Gasteiger partial charge >= 0.3 is 0 Å². The lowest BCUT2D eigenvalue weighted by molar-refractivity contribution is 0.295. The number of guanidine groups is 1. The first-order valence-electron chi connectivity index (χ1n) is 10.4. The molecule has 0 aliphatic rings. The lowest BCUT2D eigenvalue weighted by Gasteiger charge is -2.20. The van der Waals surface area contributed by atoms with Crippen LogP contribution in [-0.4, -0.2) is 52.2 Å². The Morgan fingerprint density at radius 3 is 2.17 bits per heavy atom. The third-order valence-electron chi connectivity index (χ3n) is 5.13. The minimum absolute atomic E-state index is 0.347. The Balaban J connectivity index is 1.87. The molecule has 2 aromatic rings. The highest BCUT2D eigenvalue weighted by Crippen LogP contribution is 2.12. The van der Waals surface area contributed by atoms with Gasteiger partial charge in [-0.3, -0.25) is 9.89 Å². The quantitative estimate of drug-likeness (QED) is 0.448. The lowest BCUT2D eigenvalue weighted by atomic mass is 10.1. The molecule has 0 heterocycles. The van der Waals surface area contributed by atoms with E-state index in [9.17, 15) is 8.42 Å². The zero-order valence-corrected chi connectivity index (χ0v) is 19.3. The summed E-state index contributed by atoms with van der Waals surface area (Å²) in [4.78, 5) is 7.06. The molecule has 0 spiro atoms. The third-order valence-corrected chi connectivity index (χ3v) is 6.26. The Kier molecular flexibility index (Phi) is 9.33. The average molecular weight is 431 g/mol. The Hall–Kier alpha value is -2.38. The number of hydrogen-bond donors (Lipinski definition) is 2. The predicted molar refractivity (Wildman–Crippen MR) is 125 cm³/mol. The highest BCUT2D eigenvalue weighted by Gasteiger charge is 2.08. The van der Waals surface area contributed by atoms with Crippen molar-refractivity contribution in [1.29, 1.82) is 0 Å². The van der Waals surface area contributed by atoms with Crippen LogP contribution in [0, 0.1) is 0 Å². The number of nitrogens with zero attached hydrogens (tertiary/aromatic N) is 2. The van der Waals surface area contributed by atoms with Gasteiger partial charge in [0.05, 0.1) is 4.90 Å². The largest absolute Gasteiger partial charge is 0.356 e. The molecule has 0 unspecified atom stereocenters. The van der Waals surface area contributed by atoms with Crippen LogP contribution in [0.3, 0.4) is 0 Å². The topological polar surface area (TPSA) is 73.8 Å². The minimum atomic E-state index is -3.15. The molecule has 0 aliphatic heterocycles. The molecule has 0 radical (unpaired) electrons. The summed E-state index contributed by atoms with van der Waals surface area (Å²) >= 11 is 0. The normalized spacial score (nSPS) is 12.2. The number of aliphatic imine (C=N–C) groups is 1. The summed E-state index contributed by atoms with van der Waals surface area (Å²) in [5.41, 5.74) is 3.67. The van der Waals surface area contributed by atoms with Gasteiger partial charge in [0.15, 0.2) is 15.8 Å². The molecule has 0 fully saturated rings. The summed E-state index contributed by atoms with van der Waals surface area (Å²) in [5.74, 6) is 0.750. The van der Waals surface area contributed by atoms with Gasteiger partial charge in [0.25, 0.3) is 0 Å². The van der Waals surface area contributed by atoms with Crippen molar-refractivity contribution < 1.29 is 8.42 Å². The van der Waals surface area contributed by atoms with Crippen LogP contribution in [0.15, 0.2) is 58.4 Å². The van der Waals surface area contributed by atoms with Crippen molar-refractivity contribution in [3.05, 3.63) is 65.2 Å². The molecule has 0 saturated carbocycles. The zero-order valence-electron chi connectivity index (χ0n) is 18.5. The first-order chi connectivity index (χ1) is 14.4. The minimum Gasteiger partial charge on any atom is -0.356 e. The molecule has 0 saturated heterocycles. The van der Waals surface area contributed by atoms with Gasteiger partial charge in [-0.25, -0.2) is 8.42 Å². The fourth-order valence-corrected chi connectivity index (χ4v) is 3.83. The monoisotopic (exact) mass is 430 g/mol. The summed E-state index contributed by atoms with van der Waals surface area (Å²) in [6, 6.07) is 15.5. The number of benzene rings is 2. The van der Waals surface area contributed by atoms with Crippen LogP contribution in [0.2, 0.25) is 0 Å². The van der Waals surface area contributed by atoms with Crippen molar-refractivity contribution in [2.45, 2.75) is 38.3 Å². The Labute approximate surface area is 181 Å². The second kappa shape index (κ2) is 11.7. The molecule has 6 nitrogen and oxygen atoms in total. The summed E-state index contributed by atoms with van der Waals surface area (Å²) in [6.45, 7) is 8.80. The van der Waals surface area contributed by atoms with Gasteiger partial charge < -0.3 is 10.6 Å². The van der Waals surface area contributed by atoms with Crippen LogP contribution in [-0.2, 0) is 29.3 Å². The molecule has 0 bridgehead atoms. The van der Waals surface area contributed by atoms with Crippen molar-refractivity contribution >= 4 is 15.8 Å². The molecule has 2 aromatic carbocycles. The Morgan fingerprint density at radius 2 is 1.60 bits per heavy atom. The zero-order chi connectivity index (χ0) is 22.0. The van der Waals surface area contributed by atoms with E-state index in [4.69, 9.17) is 0 Å². The number of sulfone groups is 1. The second-order valence-corrected chi connectivity index (χ2v) is 9.26. The maximum Gasteiger partial charge on any atom is 0.191 e. The van der Waals surface area contributed by atoms with Crippen molar-refractivity contribution in [2.24, 2.45) is 4.99 Å². The van der Waals surface area contributed by atoms with Crippen LogP contribution in [0.5, 0.6) is 0 Å². The van der Waals surface area contributed by atoms with E-state index in [0.29, 0.717) is 18.0 Å². The first-order valence-corrected chi connectivity index (χ1v) is 12.3. The van der Waals surface area contributed by atoms with Crippen LogP contribution < -0.4 is 10.6 Å². The molecular formula is C23H34N4O2S. The van der Waals surface area contributed by atoms with Gasteiger partial charge in [0.1, 0.15) is 0 Å². The first kappa shape index (κ1) is 23.9. The molecule has 2 rings (SSSR count). The lowest BCUT2D eigenvalue weighted by Crippen LogP contribution is -2.38. The van der Waals surface area contributed by atoms with Gasteiger partial charge in [-0.2, -0.15) is 0 Å². The smallest absolute Gasteiger partial charge is 0.191 e. The summed E-state index contributed by atoms with van der Waals surface area (Å²) < 4.78 is 23.1. The molecule has 7 heteroatoms. The Morgan fingerprint density at radius 1 is 0.967 bits per heavy atom. The molecule has 0 atom stereocenters. The molecule has 30 heavy (non-hydrogen) atoms. The highest BCUT2D eigenvalue weighted by molar-refractivity contribution is 7.90. The van der Waals surface area contributed by atoms with Gasteiger partial charge in [0, 0.05) is 32.9 Å². The van der Waals surface area contributed by atoms with E-state index in [1.807, 2.05) is 12.1 Å². The van der Waals surface area contributed by atoms with Crippen LogP contribution >= 0.6 is 0 Å². The van der Waals surface area contributed by atoms with Gasteiger partial charge in [0.2, 0.25) is 0 Å². The van der Waals surface area contributed by atoms with Crippen molar-refractivity contribution in [3.8, 4) is 0 Å². The summed E-state index contributed by atoms with van der Waals surface area (Å²) in [5, 5.41) is 6.72. The number of nitrogens with one attached hydrogen (secondary N) is 2. The van der Waals surface area contributed by atoms with Crippen LogP contribution in [0.4, 0.5) is 0 Å². The Bertz CT molecular complexity index is 920. The van der Waals surface area contributed by atoms with E-state index in [0.717, 1.165) is 37.6 Å². The predicted octanol–water partition coefficient (Wildman–Crippen LogP) is 2.84. The molecule has 164 valence electrons. The second-order valence-electron chi connectivity index (χ2n) is 7.25. The van der Waals surface area contributed by atoms with E-state index >= 15 is 0 Å². The fourth-order valence-electron chi connectivity index (χ4n) is 3.20. The van der Waals surface area contributed by atoms with E-state index in [1.54, 1.807) is 19.2 Å². The third kappa shape index (κ3) is 7.46. The fraction of sp³-hybridized carbons (Fsp3) is 0.435. The molecule has 0 amide bonds. The van der Waals surface area contributed by atoms with E-state index in [1.165, 1.54) is 17.4 Å². The van der Waals surface area contributed by atoms with E-state index < -0.39 is 9.84 Å². The number of hydrogen-bond acceptors (Lipinski definition) is 4. The van der Waals surface area contributed by atoms with Gasteiger partial charge in [-0.05, 0) is 48.3 Å². The molecule has 2 N–H and O–H groups in total. The summed E-state index contributed by atoms with van der Waals surface area (Å²) in [6.07, 6.45) is 2.00. The highest BCUT2D eigenvalue weighted by atomic mass is 32.2. The SMILES string of the molecule is CCN(CC)Cc1ccccc1CNC(=NC)NCCc1ccc(S(C)(=O)=O)cc1. The van der Waals surface area contributed by atoms with Crippen LogP contribution in [0.25, 0.3) is 0 Å². The van der Waals surface area contributed by atoms with Crippen molar-refractivity contribution in [1.82, 2.24) is 15.5 Å². The maximum absolute atomic E-state index is 11.6. The van der Waals surface area contributed by atoms with Gasteiger partial charge in [-0.1, -0.05) is 50.2 Å². The van der Waals surface area contributed by atoms with Gasteiger partial charge in [-0.15, -0.1) is 0 Å². The standard InChI is InChI=1S/C23H34N4O2S/c1-5-27(6-2)18-21-10-8-7-9-20(21)17-26-23(24-3)25-16-15-19-11-13-22(14-12-19)30(4,28)29/h7-14H,5-6,15-18H2,1-4H3,(H2,24,25,26). The number of rotatable bonds is 10. The van der Waals surface area contributed by atoms with Crippen molar-refractivity contribution in [2.75, 3.05) is 32.9 Å². The average Bonchev–Trinajstić information content (AvgIpc) is 2.74. The van der Waals surface area contributed by atoms with E-state index in [2.05, 4.69) is 58.6 Å². The summed E-state index contributed by atoms with van der Waals surface area (Å²) in [7, 11) is -1.39. The molecule has 0 aromatic heterocycles. The van der Waals surface area contributed by atoms with E-state index in [-0.39, 0.29) is 0 Å². The maximum atomic E-state index is 11.6. The molecule has 0 aliphatic carbocycles. The molecular weight excluding hydrogens is 396 g/mol. The van der Waals surface area contributed by atoms with Crippen molar-refractivity contribution in [3.63, 3.8) is 0 Å².